The van der Waals surface area contributed by atoms with E-state index in [-0.39, 0.29) is 11.9 Å². The summed E-state index contributed by atoms with van der Waals surface area (Å²) in [6.07, 6.45) is 9.63. The number of nitriles is 1. The highest BCUT2D eigenvalue weighted by atomic mass is 16.2. The molecule has 0 bridgehead atoms. The molecule has 3 heteroatoms. The van der Waals surface area contributed by atoms with Crippen LogP contribution >= 0.6 is 0 Å². The molecule has 0 aliphatic carbocycles. The van der Waals surface area contributed by atoms with Crippen LogP contribution in [-0.2, 0) is 4.79 Å². The third-order valence-corrected chi connectivity index (χ3v) is 3.44. The molecule has 0 saturated heterocycles. The molecule has 0 aromatic carbocycles. The molecule has 0 aliphatic rings. The van der Waals surface area contributed by atoms with E-state index in [4.69, 9.17) is 5.26 Å². The molecular weight excluding hydrogens is 224 g/mol. The number of unbranched alkanes of at least 4 members (excludes halogenated alkanes) is 6. The van der Waals surface area contributed by atoms with E-state index in [1.807, 2.05) is 6.92 Å². The molecular formula is C15H28N2O. The summed E-state index contributed by atoms with van der Waals surface area (Å²) in [5, 5.41) is 8.60. The third-order valence-electron chi connectivity index (χ3n) is 3.44. The van der Waals surface area contributed by atoms with E-state index in [1.165, 1.54) is 32.1 Å². The van der Waals surface area contributed by atoms with Gasteiger partial charge in [-0.05, 0) is 13.3 Å². The number of carbonyl (C=O) groups excluding carboxylic acids is 1. The zero-order valence-electron chi connectivity index (χ0n) is 12.2. The number of hydrogen-bond donors (Lipinski definition) is 0. The second-order valence-corrected chi connectivity index (χ2v) is 5.09. The van der Waals surface area contributed by atoms with Crippen LogP contribution < -0.4 is 0 Å². The molecule has 1 atom stereocenters. The molecule has 0 N–H and O–H groups in total. The molecule has 18 heavy (non-hydrogen) atoms. The normalized spacial score (nSPS) is 11.9. The molecule has 1 unspecified atom stereocenters. The van der Waals surface area contributed by atoms with Gasteiger partial charge in [0.1, 0.15) is 0 Å². The molecule has 0 heterocycles. The van der Waals surface area contributed by atoms with Crippen molar-refractivity contribution < 1.29 is 4.79 Å². The van der Waals surface area contributed by atoms with Gasteiger partial charge in [-0.2, -0.15) is 5.26 Å². The Balaban J connectivity index is 3.55. The van der Waals surface area contributed by atoms with E-state index in [0.717, 1.165) is 12.8 Å². The van der Waals surface area contributed by atoms with E-state index in [0.29, 0.717) is 12.8 Å². The van der Waals surface area contributed by atoms with Crippen LogP contribution in [0.5, 0.6) is 0 Å². The minimum absolute atomic E-state index is 0.0343. The first-order valence-electron chi connectivity index (χ1n) is 7.26. The van der Waals surface area contributed by atoms with Crippen molar-refractivity contribution in [3.8, 4) is 6.07 Å². The average molecular weight is 252 g/mol. The Bertz CT molecular complexity index is 258. The van der Waals surface area contributed by atoms with Crippen molar-refractivity contribution in [1.29, 1.82) is 5.26 Å². The molecule has 0 aromatic rings. The predicted octanol–water partition coefficient (Wildman–Crippen LogP) is 3.89. The van der Waals surface area contributed by atoms with E-state index in [1.54, 1.807) is 11.9 Å². The van der Waals surface area contributed by atoms with Gasteiger partial charge in [0.25, 0.3) is 0 Å². The summed E-state index contributed by atoms with van der Waals surface area (Å²) in [6, 6.07) is 2.14. The Morgan fingerprint density at radius 3 is 2.28 bits per heavy atom. The average Bonchev–Trinajstić information content (AvgIpc) is 2.36. The Morgan fingerprint density at radius 1 is 1.17 bits per heavy atom. The summed E-state index contributed by atoms with van der Waals surface area (Å²) >= 11 is 0. The lowest BCUT2D eigenvalue weighted by Crippen LogP contribution is -2.34. The Kier molecular flexibility index (Phi) is 10.4. The minimum Gasteiger partial charge on any atom is -0.342 e. The van der Waals surface area contributed by atoms with Gasteiger partial charge in [-0.25, -0.2) is 0 Å². The highest BCUT2D eigenvalue weighted by Crippen LogP contribution is 2.10. The van der Waals surface area contributed by atoms with E-state index < -0.39 is 0 Å². The smallest absolute Gasteiger partial charge is 0.222 e. The molecule has 0 aliphatic heterocycles. The van der Waals surface area contributed by atoms with Crippen LogP contribution in [0.4, 0.5) is 0 Å². The van der Waals surface area contributed by atoms with Crippen LogP contribution in [0.2, 0.25) is 0 Å². The number of amides is 1. The van der Waals surface area contributed by atoms with Crippen molar-refractivity contribution in [3.05, 3.63) is 0 Å². The maximum Gasteiger partial charge on any atom is 0.222 e. The van der Waals surface area contributed by atoms with Crippen molar-refractivity contribution in [2.24, 2.45) is 0 Å². The van der Waals surface area contributed by atoms with Gasteiger partial charge >= 0.3 is 0 Å². The van der Waals surface area contributed by atoms with Crippen LogP contribution in [0, 0.1) is 11.3 Å². The molecule has 1 amide bonds. The molecule has 0 radical (unpaired) electrons. The van der Waals surface area contributed by atoms with Crippen molar-refractivity contribution in [1.82, 2.24) is 4.90 Å². The van der Waals surface area contributed by atoms with Crippen molar-refractivity contribution in [2.45, 2.75) is 77.7 Å². The van der Waals surface area contributed by atoms with Crippen molar-refractivity contribution in [2.75, 3.05) is 7.05 Å². The largest absolute Gasteiger partial charge is 0.342 e. The van der Waals surface area contributed by atoms with Crippen LogP contribution in [0.25, 0.3) is 0 Å². The SMILES string of the molecule is CCCCCCCCCC(=O)N(C)C(C)CC#N. The van der Waals surface area contributed by atoms with Gasteiger partial charge in [-0.1, -0.05) is 45.4 Å². The first-order valence-corrected chi connectivity index (χ1v) is 7.26. The molecule has 0 rings (SSSR count). The van der Waals surface area contributed by atoms with Crippen molar-refractivity contribution in [3.63, 3.8) is 0 Å². The van der Waals surface area contributed by atoms with Gasteiger partial charge in [-0.15, -0.1) is 0 Å². The van der Waals surface area contributed by atoms with Crippen LogP contribution in [-0.4, -0.2) is 23.9 Å². The number of rotatable bonds is 10. The molecule has 0 spiro atoms. The fourth-order valence-corrected chi connectivity index (χ4v) is 1.92. The molecule has 3 nitrogen and oxygen atoms in total. The highest BCUT2D eigenvalue weighted by molar-refractivity contribution is 5.76. The van der Waals surface area contributed by atoms with Crippen LogP contribution in [0.15, 0.2) is 0 Å². The number of nitrogens with zero attached hydrogens (tertiary/aromatic N) is 2. The quantitative estimate of drug-likeness (QED) is 0.554. The zero-order valence-corrected chi connectivity index (χ0v) is 12.2. The highest BCUT2D eigenvalue weighted by Gasteiger charge is 2.14. The van der Waals surface area contributed by atoms with E-state index in [9.17, 15) is 4.79 Å². The molecule has 104 valence electrons. The van der Waals surface area contributed by atoms with Crippen LogP contribution in [0.1, 0.15) is 71.6 Å². The number of carbonyl (C=O) groups is 1. The van der Waals surface area contributed by atoms with E-state index >= 15 is 0 Å². The lowest BCUT2D eigenvalue weighted by Gasteiger charge is -2.22. The topological polar surface area (TPSA) is 44.1 Å². The second kappa shape index (κ2) is 11.1. The second-order valence-electron chi connectivity index (χ2n) is 5.09. The maximum absolute atomic E-state index is 11.8. The Hall–Kier alpha value is -1.04. The van der Waals surface area contributed by atoms with Gasteiger partial charge in [0.15, 0.2) is 0 Å². The summed E-state index contributed by atoms with van der Waals surface area (Å²) in [4.78, 5) is 13.5. The molecule has 0 fully saturated rings. The monoisotopic (exact) mass is 252 g/mol. The van der Waals surface area contributed by atoms with Gasteiger partial charge in [0, 0.05) is 19.5 Å². The summed E-state index contributed by atoms with van der Waals surface area (Å²) in [5.74, 6) is 0.173. The molecule has 0 saturated carbocycles. The van der Waals surface area contributed by atoms with Crippen molar-refractivity contribution >= 4 is 5.91 Å². The van der Waals surface area contributed by atoms with Gasteiger partial charge < -0.3 is 4.90 Å². The lowest BCUT2D eigenvalue weighted by molar-refractivity contribution is -0.131. The van der Waals surface area contributed by atoms with Gasteiger partial charge in [0.05, 0.1) is 12.5 Å². The van der Waals surface area contributed by atoms with E-state index in [2.05, 4.69) is 13.0 Å². The van der Waals surface area contributed by atoms with Gasteiger partial charge in [-0.3, -0.25) is 4.79 Å². The fraction of sp³-hybridized carbons (Fsp3) is 0.867. The lowest BCUT2D eigenvalue weighted by atomic mass is 10.1. The number of hydrogen-bond acceptors (Lipinski definition) is 2. The summed E-state index contributed by atoms with van der Waals surface area (Å²) in [6.45, 7) is 4.14. The summed E-state index contributed by atoms with van der Waals surface area (Å²) in [7, 11) is 1.80. The minimum atomic E-state index is 0.0343. The Labute approximate surface area is 112 Å². The molecule has 0 aromatic heterocycles. The van der Waals surface area contributed by atoms with Crippen LogP contribution in [0.3, 0.4) is 0 Å². The first kappa shape index (κ1) is 17.0. The Morgan fingerprint density at radius 2 is 1.72 bits per heavy atom. The summed E-state index contributed by atoms with van der Waals surface area (Å²) in [5.41, 5.74) is 0. The van der Waals surface area contributed by atoms with Gasteiger partial charge in [0.2, 0.25) is 5.91 Å². The standard InChI is InChI=1S/C15H28N2O/c1-4-5-6-7-8-9-10-11-15(18)17(3)14(2)12-13-16/h14H,4-12H2,1-3H3. The predicted molar refractivity (Wildman–Crippen MR) is 75.1 cm³/mol. The third kappa shape index (κ3) is 8.11. The fourth-order valence-electron chi connectivity index (χ4n) is 1.92. The zero-order chi connectivity index (χ0) is 13.8. The maximum atomic E-state index is 11.8. The summed E-state index contributed by atoms with van der Waals surface area (Å²) < 4.78 is 0. The first-order chi connectivity index (χ1) is 8.63.